The van der Waals surface area contributed by atoms with Crippen LogP contribution in [-0.2, 0) is 23.3 Å². The third-order valence-corrected chi connectivity index (χ3v) is 6.02. The highest BCUT2D eigenvalue weighted by Gasteiger charge is 2.47. The van der Waals surface area contributed by atoms with E-state index < -0.39 is 0 Å². The lowest BCUT2D eigenvalue weighted by molar-refractivity contribution is -0.139. The fraction of sp³-hybridized carbons (Fsp3) is 0.455. The van der Waals surface area contributed by atoms with Crippen molar-refractivity contribution in [3.63, 3.8) is 0 Å². The molecule has 1 amide bonds. The van der Waals surface area contributed by atoms with Gasteiger partial charge in [0.2, 0.25) is 5.91 Å². The summed E-state index contributed by atoms with van der Waals surface area (Å²) in [5.41, 5.74) is 3.30. The summed E-state index contributed by atoms with van der Waals surface area (Å²) in [7, 11) is 0. The van der Waals surface area contributed by atoms with E-state index >= 15 is 0 Å². The Hall–Kier alpha value is -2.60. The molecular formula is C22H28N4O2. The summed E-state index contributed by atoms with van der Waals surface area (Å²) in [6, 6.07) is 8.27. The SMILES string of the molecule is C=CCOc1ccc(CN2CCC3(CC2)c2nc[nH]c2CCN3C(C)=O)cc1. The third-order valence-electron chi connectivity index (χ3n) is 6.02. The summed E-state index contributed by atoms with van der Waals surface area (Å²) in [6.45, 7) is 9.46. The van der Waals surface area contributed by atoms with Crippen molar-refractivity contribution in [3.05, 3.63) is 60.2 Å². The molecule has 1 spiro atoms. The van der Waals surface area contributed by atoms with Crippen LogP contribution >= 0.6 is 0 Å². The van der Waals surface area contributed by atoms with Gasteiger partial charge in [-0.25, -0.2) is 4.98 Å². The van der Waals surface area contributed by atoms with E-state index in [0.29, 0.717) is 6.61 Å². The van der Waals surface area contributed by atoms with Crippen LogP contribution in [0.25, 0.3) is 0 Å². The minimum absolute atomic E-state index is 0.150. The maximum absolute atomic E-state index is 12.3. The minimum atomic E-state index is -0.252. The first kappa shape index (κ1) is 18.7. The normalized spacial score (nSPS) is 18.7. The van der Waals surface area contributed by atoms with Crippen LogP contribution < -0.4 is 4.74 Å². The average Bonchev–Trinajstić information content (AvgIpc) is 3.19. The van der Waals surface area contributed by atoms with Crippen LogP contribution in [0, 0.1) is 0 Å². The van der Waals surface area contributed by atoms with Crippen molar-refractivity contribution in [1.29, 1.82) is 0 Å². The van der Waals surface area contributed by atoms with E-state index in [1.54, 1.807) is 19.3 Å². The molecule has 0 atom stereocenters. The van der Waals surface area contributed by atoms with Gasteiger partial charge in [-0.2, -0.15) is 0 Å². The Bertz CT molecular complexity index is 834. The Morgan fingerprint density at radius 2 is 2.04 bits per heavy atom. The second-order valence-electron chi connectivity index (χ2n) is 7.70. The molecule has 2 aromatic rings. The Balaban J connectivity index is 1.44. The Morgan fingerprint density at radius 3 is 2.71 bits per heavy atom. The zero-order valence-electron chi connectivity index (χ0n) is 16.5. The van der Waals surface area contributed by atoms with Crippen molar-refractivity contribution in [2.75, 3.05) is 26.2 Å². The highest BCUT2D eigenvalue weighted by molar-refractivity contribution is 5.75. The molecule has 2 aliphatic heterocycles. The van der Waals surface area contributed by atoms with Gasteiger partial charge in [-0.3, -0.25) is 9.69 Å². The number of H-pyrrole nitrogens is 1. The molecule has 1 fully saturated rings. The Labute approximate surface area is 166 Å². The second-order valence-corrected chi connectivity index (χ2v) is 7.70. The molecular weight excluding hydrogens is 352 g/mol. The number of hydrogen-bond acceptors (Lipinski definition) is 4. The predicted molar refractivity (Wildman–Crippen MR) is 108 cm³/mol. The van der Waals surface area contributed by atoms with Crippen molar-refractivity contribution in [1.82, 2.24) is 19.8 Å². The van der Waals surface area contributed by atoms with Gasteiger partial charge in [-0.1, -0.05) is 24.8 Å². The molecule has 1 aromatic heterocycles. The molecule has 0 unspecified atom stereocenters. The van der Waals surface area contributed by atoms with Gasteiger partial charge in [0, 0.05) is 45.2 Å². The Morgan fingerprint density at radius 1 is 1.29 bits per heavy atom. The molecule has 3 heterocycles. The van der Waals surface area contributed by atoms with Crippen LogP contribution in [0.1, 0.15) is 36.7 Å². The van der Waals surface area contributed by atoms with Crippen LogP contribution in [0.2, 0.25) is 0 Å². The van der Waals surface area contributed by atoms with Gasteiger partial charge in [0.05, 0.1) is 17.6 Å². The lowest BCUT2D eigenvalue weighted by Gasteiger charge is -2.50. The first-order valence-corrected chi connectivity index (χ1v) is 9.98. The number of fused-ring (bicyclic) bond motifs is 2. The summed E-state index contributed by atoms with van der Waals surface area (Å²) >= 11 is 0. The molecule has 6 heteroatoms. The monoisotopic (exact) mass is 380 g/mol. The molecule has 1 aromatic carbocycles. The second kappa shape index (κ2) is 7.80. The van der Waals surface area contributed by atoms with Crippen LogP contribution in [0.15, 0.2) is 43.2 Å². The van der Waals surface area contributed by atoms with Crippen LogP contribution in [0.3, 0.4) is 0 Å². The smallest absolute Gasteiger partial charge is 0.220 e. The fourth-order valence-electron chi connectivity index (χ4n) is 4.63. The lowest BCUT2D eigenvalue weighted by atomic mass is 9.78. The van der Waals surface area contributed by atoms with E-state index in [0.717, 1.165) is 56.9 Å². The molecule has 0 radical (unpaired) electrons. The van der Waals surface area contributed by atoms with Crippen molar-refractivity contribution in [2.24, 2.45) is 0 Å². The highest BCUT2D eigenvalue weighted by atomic mass is 16.5. The summed E-state index contributed by atoms with van der Waals surface area (Å²) < 4.78 is 5.56. The van der Waals surface area contributed by atoms with Gasteiger partial charge in [0.1, 0.15) is 12.4 Å². The maximum atomic E-state index is 12.3. The molecule has 0 bridgehead atoms. The summed E-state index contributed by atoms with van der Waals surface area (Å²) in [5.74, 6) is 1.02. The molecule has 148 valence electrons. The number of likely N-dealkylation sites (tertiary alicyclic amines) is 1. The fourth-order valence-corrected chi connectivity index (χ4v) is 4.63. The number of carbonyl (C=O) groups excluding carboxylic acids is 1. The Kier molecular flexibility index (Phi) is 5.22. The summed E-state index contributed by atoms with van der Waals surface area (Å²) in [6.07, 6.45) is 6.23. The molecule has 28 heavy (non-hydrogen) atoms. The quantitative estimate of drug-likeness (QED) is 0.811. The third kappa shape index (κ3) is 3.44. The van der Waals surface area contributed by atoms with Crippen molar-refractivity contribution < 1.29 is 9.53 Å². The highest BCUT2D eigenvalue weighted by Crippen LogP contribution is 2.42. The first-order chi connectivity index (χ1) is 13.6. The van der Waals surface area contributed by atoms with Gasteiger partial charge in [0.15, 0.2) is 0 Å². The number of aromatic nitrogens is 2. The largest absolute Gasteiger partial charge is 0.490 e. The number of ether oxygens (including phenoxy) is 1. The van der Waals surface area contributed by atoms with E-state index in [2.05, 4.69) is 38.5 Å². The van der Waals surface area contributed by atoms with E-state index in [-0.39, 0.29) is 11.4 Å². The standard InChI is InChI=1S/C22H28N4O2/c1-3-14-28-19-6-4-18(5-7-19)15-25-12-9-22(10-13-25)21-20(23-16-24-21)8-11-26(22)17(2)27/h3-7,16H,1,8-15H2,2H3,(H,23,24). The number of benzene rings is 1. The zero-order chi connectivity index (χ0) is 19.6. The summed E-state index contributed by atoms with van der Waals surface area (Å²) in [5, 5.41) is 0. The minimum Gasteiger partial charge on any atom is -0.490 e. The van der Waals surface area contributed by atoms with Crippen molar-refractivity contribution in [2.45, 2.75) is 38.3 Å². The molecule has 6 nitrogen and oxygen atoms in total. The van der Waals surface area contributed by atoms with E-state index in [1.807, 2.05) is 12.1 Å². The molecule has 2 aliphatic rings. The number of nitrogens with one attached hydrogen (secondary N) is 1. The number of imidazole rings is 1. The van der Waals surface area contributed by atoms with Crippen molar-refractivity contribution >= 4 is 5.91 Å². The zero-order valence-corrected chi connectivity index (χ0v) is 16.5. The van der Waals surface area contributed by atoms with Gasteiger partial charge in [-0.05, 0) is 30.5 Å². The number of hydrogen-bond donors (Lipinski definition) is 1. The number of amides is 1. The van der Waals surface area contributed by atoms with Crippen LogP contribution in [-0.4, -0.2) is 51.9 Å². The predicted octanol–water partition coefficient (Wildman–Crippen LogP) is 2.87. The molecule has 4 rings (SSSR count). The average molecular weight is 380 g/mol. The van der Waals surface area contributed by atoms with Gasteiger partial charge in [-0.15, -0.1) is 0 Å². The van der Waals surface area contributed by atoms with E-state index in [4.69, 9.17) is 4.74 Å². The van der Waals surface area contributed by atoms with Crippen LogP contribution in [0.4, 0.5) is 0 Å². The van der Waals surface area contributed by atoms with E-state index in [1.165, 1.54) is 11.3 Å². The number of rotatable bonds is 5. The molecule has 1 saturated heterocycles. The van der Waals surface area contributed by atoms with Crippen LogP contribution in [0.5, 0.6) is 5.75 Å². The number of piperidine rings is 1. The van der Waals surface area contributed by atoms with Gasteiger partial charge in [0.25, 0.3) is 0 Å². The van der Waals surface area contributed by atoms with Gasteiger partial charge < -0.3 is 14.6 Å². The molecule has 0 saturated carbocycles. The summed E-state index contributed by atoms with van der Waals surface area (Å²) in [4.78, 5) is 24.8. The van der Waals surface area contributed by atoms with Crippen molar-refractivity contribution in [3.8, 4) is 5.75 Å². The lowest BCUT2D eigenvalue weighted by Crippen LogP contribution is -2.57. The molecule has 1 N–H and O–H groups in total. The maximum Gasteiger partial charge on any atom is 0.220 e. The number of carbonyl (C=O) groups is 1. The number of aromatic amines is 1. The first-order valence-electron chi connectivity index (χ1n) is 9.98. The topological polar surface area (TPSA) is 61.5 Å². The number of nitrogens with zero attached hydrogens (tertiary/aromatic N) is 3. The van der Waals surface area contributed by atoms with Gasteiger partial charge >= 0.3 is 0 Å². The van der Waals surface area contributed by atoms with E-state index in [9.17, 15) is 4.79 Å². The molecule has 0 aliphatic carbocycles.